The quantitative estimate of drug-likeness (QED) is 0.600. The van der Waals surface area contributed by atoms with Crippen molar-refractivity contribution in [3.63, 3.8) is 0 Å². The number of amides is 1. The number of nitrogens with one attached hydrogen (secondary N) is 1. The Morgan fingerprint density at radius 3 is 2.56 bits per heavy atom. The van der Waals surface area contributed by atoms with Gasteiger partial charge in [-0.1, -0.05) is 47.2 Å². The van der Waals surface area contributed by atoms with E-state index in [0.717, 1.165) is 31.0 Å². The van der Waals surface area contributed by atoms with E-state index in [9.17, 15) is 13.6 Å². The summed E-state index contributed by atoms with van der Waals surface area (Å²) < 4.78 is 29.7. The number of halogens is 1. The van der Waals surface area contributed by atoms with E-state index in [1.807, 2.05) is 4.57 Å². The monoisotopic (exact) mass is 505 g/mol. The van der Waals surface area contributed by atoms with E-state index < -0.39 is 10.4 Å². The van der Waals surface area contributed by atoms with Crippen LogP contribution in [-0.4, -0.2) is 49.2 Å². The molecule has 2 atom stereocenters. The van der Waals surface area contributed by atoms with Gasteiger partial charge in [-0.25, -0.2) is 0 Å². The maximum atomic E-state index is 13.1. The Balaban J connectivity index is 1.24. The van der Waals surface area contributed by atoms with Gasteiger partial charge in [0.25, 0.3) is 0 Å². The highest BCUT2D eigenvalue weighted by molar-refractivity contribution is 7.95. The predicted molar refractivity (Wildman–Crippen MR) is 129 cm³/mol. The number of nitrogens with zero attached hydrogens (tertiary/aromatic N) is 4. The molecule has 10 heteroatoms. The minimum atomic E-state index is -3.64. The molecule has 2 fully saturated rings. The molecule has 2 unspecified atom stereocenters. The molecule has 1 aliphatic carbocycles. The van der Waals surface area contributed by atoms with Gasteiger partial charge in [0, 0.05) is 32.0 Å². The van der Waals surface area contributed by atoms with Gasteiger partial charge >= 0.3 is 0 Å². The number of hydrogen-bond donors (Lipinski definition) is 1. The fourth-order valence-electron chi connectivity index (χ4n) is 5.67. The van der Waals surface area contributed by atoms with Crippen molar-refractivity contribution in [1.82, 2.24) is 24.4 Å². The Labute approximate surface area is 206 Å². The third-order valence-corrected chi connectivity index (χ3v) is 10.0. The van der Waals surface area contributed by atoms with Gasteiger partial charge in [-0.3, -0.25) is 4.79 Å². The van der Waals surface area contributed by atoms with Crippen molar-refractivity contribution in [2.24, 2.45) is 5.92 Å². The molecule has 1 aromatic heterocycles. The Morgan fingerprint density at radius 2 is 1.82 bits per heavy atom. The van der Waals surface area contributed by atoms with Gasteiger partial charge in [-0.15, -0.1) is 14.5 Å². The van der Waals surface area contributed by atoms with Crippen molar-refractivity contribution in [3.05, 3.63) is 40.9 Å². The maximum absolute atomic E-state index is 13.1. The van der Waals surface area contributed by atoms with Crippen LogP contribution in [0.4, 0.5) is 0 Å². The summed E-state index contributed by atoms with van der Waals surface area (Å²) in [5.41, 5.74) is 0. The van der Waals surface area contributed by atoms with E-state index in [0.29, 0.717) is 31.8 Å². The molecule has 1 aromatic carbocycles. The maximum Gasteiger partial charge on any atom is 0.243 e. The predicted octanol–water partition coefficient (Wildman–Crippen LogP) is 3.90. The van der Waals surface area contributed by atoms with Gasteiger partial charge in [-0.05, 0) is 50.2 Å². The molecule has 3 aliphatic rings. The minimum absolute atomic E-state index is 0.0594. The van der Waals surface area contributed by atoms with Crippen LogP contribution in [0.15, 0.2) is 29.2 Å². The van der Waals surface area contributed by atoms with Crippen molar-refractivity contribution in [1.29, 1.82) is 0 Å². The second kappa shape index (κ2) is 10.0. The van der Waals surface area contributed by atoms with E-state index in [-0.39, 0.29) is 27.8 Å². The highest BCUT2D eigenvalue weighted by atomic mass is 35.5. The first-order chi connectivity index (χ1) is 16.4. The molecule has 5 rings (SSSR count). The molecule has 1 saturated carbocycles. The highest BCUT2D eigenvalue weighted by Crippen LogP contribution is 2.37. The smallest absolute Gasteiger partial charge is 0.243 e. The summed E-state index contributed by atoms with van der Waals surface area (Å²) in [5.74, 6) is 2.40. The lowest BCUT2D eigenvalue weighted by atomic mass is 9.89. The lowest BCUT2D eigenvalue weighted by Gasteiger charge is -2.33. The largest absolute Gasteiger partial charge is 0.593 e. The van der Waals surface area contributed by atoms with Gasteiger partial charge in [0.1, 0.15) is 17.7 Å². The second-order valence-corrected chi connectivity index (χ2v) is 12.1. The van der Waals surface area contributed by atoms with Crippen LogP contribution < -0.4 is 5.32 Å². The molecule has 0 radical (unpaired) electrons. The number of sulfonamides is 1. The van der Waals surface area contributed by atoms with E-state index in [4.69, 9.17) is 11.6 Å². The van der Waals surface area contributed by atoms with Crippen LogP contribution in [0.25, 0.3) is 0 Å². The summed E-state index contributed by atoms with van der Waals surface area (Å²) >= 11 is 6.16. The topological polar surface area (TPSA) is 103 Å². The number of fused-ring (bicyclic) bond motifs is 1. The summed E-state index contributed by atoms with van der Waals surface area (Å²) in [6, 6.07) is 6.28. The standard InChI is InChI=1S/C24H32ClN5O3S/c25-19-8-4-5-9-21(19)34(32,33)29-14-12-18(13-15-29)23-28-27-22-11-10-20(30(22)23)24(31)26-16-17-6-2-1-3-7-17/h4-5,8-9,17-18,20H,1-3,6-7,10-16H2,(H-,26,31,32,33). The molecular formula is C24H32ClN5O3S. The van der Waals surface area contributed by atoms with Gasteiger partial charge in [0.15, 0.2) is 15.3 Å². The van der Waals surface area contributed by atoms with Gasteiger partial charge in [0.2, 0.25) is 5.91 Å². The van der Waals surface area contributed by atoms with Gasteiger partial charge < -0.3 is 14.4 Å². The van der Waals surface area contributed by atoms with Crippen LogP contribution >= 0.6 is 11.6 Å². The number of carbonyl (C=O) groups excluding carboxylic acids is 1. The van der Waals surface area contributed by atoms with Crippen LogP contribution in [0.3, 0.4) is 0 Å². The molecule has 1 amide bonds. The van der Waals surface area contributed by atoms with Crippen LogP contribution in [0.2, 0.25) is 5.02 Å². The zero-order valence-electron chi connectivity index (χ0n) is 19.3. The van der Waals surface area contributed by atoms with Crippen molar-refractivity contribution in [3.8, 4) is 0 Å². The minimum Gasteiger partial charge on any atom is -0.593 e. The Morgan fingerprint density at radius 1 is 1.09 bits per heavy atom. The lowest BCUT2D eigenvalue weighted by molar-refractivity contribution is -0.124. The summed E-state index contributed by atoms with van der Waals surface area (Å²) in [5, 5.41) is 12.2. The fourth-order valence-corrected chi connectivity index (χ4v) is 7.63. The van der Waals surface area contributed by atoms with Crippen LogP contribution in [0.5, 0.6) is 0 Å². The van der Waals surface area contributed by atoms with Crippen molar-refractivity contribution in [2.45, 2.75) is 74.6 Å². The average molecular weight is 506 g/mol. The third-order valence-electron chi connectivity index (χ3n) is 7.61. The lowest BCUT2D eigenvalue weighted by Crippen LogP contribution is -2.42. The summed E-state index contributed by atoms with van der Waals surface area (Å²) in [4.78, 5) is 13.2. The first kappa shape index (κ1) is 23.9. The van der Waals surface area contributed by atoms with Crippen molar-refractivity contribution in [2.75, 3.05) is 19.6 Å². The average Bonchev–Trinajstić information content (AvgIpc) is 3.46. The fraction of sp³-hybridized carbons (Fsp3) is 0.625. The van der Waals surface area contributed by atoms with E-state index >= 15 is 0 Å². The van der Waals surface area contributed by atoms with Crippen LogP contribution in [-0.2, 0) is 25.8 Å². The Kier molecular flexibility index (Phi) is 7.07. The molecule has 3 heterocycles. The van der Waals surface area contributed by atoms with Gasteiger partial charge in [0.05, 0.1) is 5.02 Å². The molecule has 0 bridgehead atoms. The molecule has 0 spiro atoms. The number of carbonyl (C=O) groups is 1. The number of benzene rings is 1. The number of hydrogen-bond acceptors (Lipinski definition) is 5. The molecule has 184 valence electrons. The van der Waals surface area contributed by atoms with E-state index in [1.165, 1.54) is 36.4 Å². The van der Waals surface area contributed by atoms with Crippen LogP contribution in [0.1, 0.15) is 75.0 Å². The Hall–Kier alpha value is -1.81. The first-order valence-electron chi connectivity index (χ1n) is 12.4. The van der Waals surface area contributed by atoms with E-state index in [2.05, 4.69) is 15.5 Å². The summed E-state index contributed by atoms with van der Waals surface area (Å²) in [6.45, 7) is 1.53. The number of rotatable bonds is 6. The SMILES string of the molecule is O=C(NCC1CCCCC1)C1CCc2nnc(C3CCN([S+](=O)([O-])c4ccccc4Cl)CC3)n21. The molecule has 1 saturated heterocycles. The molecule has 8 nitrogen and oxygen atoms in total. The van der Waals surface area contributed by atoms with Crippen molar-refractivity contribution < 1.29 is 13.6 Å². The zero-order chi connectivity index (χ0) is 23.7. The van der Waals surface area contributed by atoms with Crippen molar-refractivity contribution >= 4 is 27.9 Å². The molecular weight excluding hydrogens is 474 g/mol. The second-order valence-electron chi connectivity index (χ2n) is 9.76. The Bertz CT molecular complexity index is 1080. The summed E-state index contributed by atoms with van der Waals surface area (Å²) in [7, 11) is -3.64. The number of aryl methyl sites for hydroxylation is 1. The number of piperidine rings is 1. The molecule has 2 aliphatic heterocycles. The highest BCUT2D eigenvalue weighted by Gasteiger charge is 2.39. The normalized spacial score (nSPS) is 24.0. The molecule has 1 N–H and O–H groups in total. The van der Waals surface area contributed by atoms with Crippen LogP contribution in [0, 0.1) is 5.92 Å². The summed E-state index contributed by atoms with van der Waals surface area (Å²) in [6.07, 6.45) is 8.98. The first-order valence-corrected chi connectivity index (χ1v) is 14.2. The number of aromatic nitrogens is 3. The zero-order valence-corrected chi connectivity index (χ0v) is 20.9. The third kappa shape index (κ3) is 4.67. The van der Waals surface area contributed by atoms with Gasteiger partial charge in [-0.2, -0.15) is 0 Å². The molecule has 34 heavy (non-hydrogen) atoms. The van der Waals surface area contributed by atoms with E-state index in [1.54, 1.807) is 24.3 Å². The molecule has 2 aromatic rings.